The van der Waals surface area contributed by atoms with Crippen LogP contribution in [0.4, 0.5) is 0 Å². The van der Waals surface area contributed by atoms with E-state index in [1.807, 2.05) is 0 Å². The van der Waals surface area contributed by atoms with Crippen molar-refractivity contribution in [3.63, 3.8) is 0 Å². The van der Waals surface area contributed by atoms with E-state index in [4.69, 9.17) is 51.9 Å². The second-order valence-electron chi connectivity index (χ2n) is 16.2. The van der Waals surface area contributed by atoms with Gasteiger partial charge in [-0.05, 0) is 125 Å². The Balaban J connectivity index is 1.19. The van der Waals surface area contributed by atoms with E-state index in [0.717, 1.165) is 62.5 Å². The summed E-state index contributed by atoms with van der Waals surface area (Å²) in [5.74, 6) is 1.84. The van der Waals surface area contributed by atoms with Gasteiger partial charge in [0.25, 0.3) is 55.7 Å². The second-order valence-corrected chi connectivity index (χ2v) is 36.7. The van der Waals surface area contributed by atoms with Crippen LogP contribution in [0.1, 0.15) is 48.9 Å². The third kappa shape index (κ3) is 13.2. The van der Waals surface area contributed by atoms with Crippen LogP contribution in [-0.2, 0) is 60.7 Å². The summed E-state index contributed by atoms with van der Waals surface area (Å²) in [6.45, 7) is 24.2. The maximum absolute atomic E-state index is 6.60. The smallest absolute Gasteiger partial charge is 0.317 e. The van der Waals surface area contributed by atoms with E-state index in [9.17, 15) is 0 Å². The van der Waals surface area contributed by atoms with E-state index >= 15 is 0 Å². The van der Waals surface area contributed by atoms with Crippen LogP contribution in [-0.4, -0.2) is 111 Å². The van der Waals surface area contributed by atoms with Gasteiger partial charge >= 0.3 is 17.1 Å². The molecule has 6 atom stereocenters. The Morgan fingerprint density at radius 2 is 0.927 bits per heavy atom. The van der Waals surface area contributed by atoms with Crippen LogP contribution in [0.3, 0.4) is 0 Å². The molecule has 0 bridgehead atoms. The lowest BCUT2D eigenvalue weighted by atomic mass is 9.76. The first-order chi connectivity index (χ1) is 26.1. The van der Waals surface area contributed by atoms with Gasteiger partial charge in [-0.25, -0.2) is 0 Å². The van der Waals surface area contributed by atoms with Crippen molar-refractivity contribution in [3.8, 4) is 11.5 Å². The number of ether oxygens (including phenoxy) is 4. The fourth-order valence-electron chi connectivity index (χ4n) is 7.62. The first-order valence-electron chi connectivity index (χ1n) is 20.2. The van der Waals surface area contributed by atoms with Crippen molar-refractivity contribution in [1.82, 2.24) is 0 Å². The molecule has 0 radical (unpaired) electrons. The standard InChI is InChI=1S/C35H64O12Si8/c1-35(2,29-15-17-33(38-25-31-23-36-31)27(21-29)13-11-19-54(9)44-50(5)40-48(3)41-51(6)45-54)30-16-18-34(39-26-32-24-37-32)28(22-30)14-12-20-55(10)46-52(7)42-49(4)43-53(8)47-55/h15-18,21-22,31-32,48-53H,11-14,19-20,23-26H2,1-10H3. The Morgan fingerprint density at radius 3 is 1.25 bits per heavy atom. The predicted molar refractivity (Wildman–Crippen MR) is 232 cm³/mol. The lowest BCUT2D eigenvalue weighted by molar-refractivity contribution is 0.260. The maximum atomic E-state index is 6.60. The summed E-state index contributed by atoms with van der Waals surface area (Å²) in [5, 5.41) is 0. The van der Waals surface area contributed by atoms with Crippen molar-refractivity contribution < 1.29 is 51.9 Å². The summed E-state index contributed by atoms with van der Waals surface area (Å²) in [4.78, 5) is 0. The molecule has 4 aliphatic heterocycles. The highest BCUT2D eigenvalue weighted by Gasteiger charge is 2.40. The number of benzene rings is 2. The normalized spacial score (nSPS) is 34.2. The fraction of sp³-hybridized carbons (Fsp3) is 0.657. The van der Waals surface area contributed by atoms with Crippen LogP contribution in [0.2, 0.25) is 64.5 Å². The Labute approximate surface area is 341 Å². The minimum absolute atomic E-state index is 0.180. The highest BCUT2D eigenvalue weighted by atomic mass is 28.5. The van der Waals surface area contributed by atoms with Crippen LogP contribution in [0.15, 0.2) is 36.4 Å². The van der Waals surface area contributed by atoms with Crippen LogP contribution in [0.25, 0.3) is 0 Å². The molecular weight excluding hydrogens is 837 g/mol. The average Bonchev–Trinajstić information content (AvgIpc) is 4.01. The van der Waals surface area contributed by atoms with Gasteiger partial charge in [-0.15, -0.1) is 0 Å². The molecule has 6 rings (SSSR count). The highest BCUT2D eigenvalue weighted by Crippen LogP contribution is 2.38. The number of hydrogen-bond acceptors (Lipinski definition) is 12. The summed E-state index contributed by atoms with van der Waals surface area (Å²) in [7, 11) is -15.5. The van der Waals surface area contributed by atoms with Crippen molar-refractivity contribution in [2.24, 2.45) is 0 Å². The van der Waals surface area contributed by atoms with Crippen molar-refractivity contribution in [1.29, 1.82) is 0 Å². The lowest BCUT2D eigenvalue weighted by Gasteiger charge is -2.37. The quantitative estimate of drug-likeness (QED) is 0.170. The molecule has 2 aromatic carbocycles. The molecule has 0 N–H and O–H groups in total. The van der Waals surface area contributed by atoms with Gasteiger partial charge in [0.2, 0.25) is 0 Å². The molecule has 0 aliphatic carbocycles. The van der Waals surface area contributed by atoms with Crippen LogP contribution >= 0.6 is 0 Å². The molecule has 0 saturated carbocycles. The van der Waals surface area contributed by atoms with Gasteiger partial charge < -0.3 is 51.9 Å². The SMILES string of the molecule is C[SiH]1O[SiH](C)O[Si](C)(CCCc2cc(C(C)(C)c3ccc(OCC4CO4)c(CCC[Si]4(C)O[SiH](C)O[SiH](C)O[SiH](C)O4)c3)ccc2OCC2CO2)O[SiH](C)O1. The van der Waals surface area contributed by atoms with Gasteiger partial charge in [-0.3, -0.25) is 0 Å². The molecule has 20 heteroatoms. The molecule has 4 fully saturated rings. The molecule has 12 nitrogen and oxygen atoms in total. The van der Waals surface area contributed by atoms with E-state index in [0.29, 0.717) is 13.2 Å². The van der Waals surface area contributed by atoms with Crippen LogP contribution in [0.5, 0.6) is 11.5 Å². The summed E-state index contributed by atoms with van der Waals surface area (Å²) in [6, 6.07) is 15.2. The summed E-state index contributed by atoms with van der Waals surface area (Å²) in [6.07, 6.45) is 3.92. The monoisotopic (exact) mass is 900 g/mol. The third-order valence-corrected chi connectivity index (χ3v) is 38.6. The van der Waals surface area contributed by atoms with Gasteiger partial charge in [0.05, 0.1) is 13.2 Å². The number of hydrogen-bond donors (Lipinski definition) is 0. The third-order valence-electron chi connectivity index (χ3n) is 10.6. The zero-order chi connectivity index (χ0) is 39.4. The van der Waals surface area contributed by atoms with E-state index < -0.39 is 72.8 Å². The van der Waals surface area contributed by atoms with Crippen molar-refractivity contribution in [3.05, 3.63) is 58.7 Å². The Morgan fingerprint density at radius 1 is 0.582 bits per heavy atom. The lowest BCUT2D eigenvalue weighted by Crippen LogP contribution is -2.53. The summed E-state index contributed by atoms with van der Waals surface area (Å²) >= 11 is 0. The van der Waals surface area contributed by atoms with E-state index in [2.05, 4.69) is 103 Å². The molecule has 0 spiro atoms. The zero-order valence-corrected chi connectivity index (χ0v) is 43.5. The van der Waals surface area contributed by atoms with Crippen molar-refractivity contribution >= 4 is 72.8 Å². The number of epoxide rings is 2. The summed E-state index contributed by atoms with van der Waals surface area (Å²) in [5.41, 5.74) is 4.58. The molecule has 0 amide bonds. The number of aryl methyl sites for hydroxylation is 2. The molecule has 4 saturated heterocycles. The average molecular weight is 902 g/mol. The molecule has 2 aromatic rings. The molecule has 4 aliphatic rings. The van der Waals surface area contributed by atoms with E-state index in [1.54, 1.807) is 0 Å². The predicted octanol–water partition coefficient (Wildman–Crippen LogP) is 4.84. The van der Waals surface area contributed by atoms with Crippen LogP contribution in [0, 0.1) is 0 Å². The summed E-state index contributed by atoms with van der Waals surface area (Å²) < 4.78 is 74.7. The molecule has 6 unspecified atom stereocenters. The first kappa shape index (κ1) is 43.9. The van der Waals surface area contributed by atoms with Crippen molar-refractivity contribution in [2.45, 2.75) is 122 Å². The first-order valence-corrected chi connectivity index (χ1v) is 37.8. The van der Waals surface area contributed by atoms with Crippen molar-refractivity contribution in [2.75, 3.05) is 26.4 Å². The molecule has 55 heavy (non-hydrogen) atoms. The van der Waals surface area contributed by atoms with Gasteiger partial charge in [0.15, 0.2) is 0 Å². The topological polar surface area (TPSA) is 117 Å². The molecule has 0 aromatic heterocycles. The minimum Gasteiger partial charge on any atom is -0.491 e. The van der Waals surface area contributed by atoms with E-state index in [1.165, 1.54) is 22.3 Å². The number of rotatable bonds is 16. The molecule has 4 heterocycles. The molecular formula is C35H64O12Si8. The second kappa shape index (κ2) is 19.2. The minimum atomic E-state index is -2.44. The Bertz CT molecular complexity index is 1430. The Kier molecular flexibility index (Phi) is 15.3. The van der Waals surface area contributed by atoms with Crippen LogP contribution < -0.4 is 9.47 Å². The zero-order valence-electron chi connectivity index (χ0n) is 34.6. The fourth-order valence-corrected chi connectivity index (χ4v) is 37.0. The van der Waals surface area contributed by atoms with E-state index in [-0.39, 0.29) is 17.6 Å². The van der Waals surface area contributed by atoms with Gasteiger partial charge in [-0.1, -0.05) is 38.1 Å². The highest BCUT2D eigenvalue weighted by molar-refractivity contribution is 6.82. The van der Waals surface area contributed by atoms with Gasteiger partial charge in [0, 0.05) is 5.41 Å². The van der Waals surface area contributed by atoms with Gasteiger partial charge in [0.1, 0.15) is 36.9 Å². The maximum Gasteiger partial charge on any atom is 0.317 e. The molecule has 308 valence electrons. The largest absolute Gasteiger partial charge is 0.491 e. The Hall–Kier alpha value is -0.625. The van der Waals surface area contributed by atoms with Gasteiger partial charge in [-0.2, -0.15) is 0 Å².